The van der Waals surface area contributed by atoms with Crippen LogP contribution in [0.4, 0.5) is 0 Å². The van der Waals surface area contributed by atoms with Gasteiger partial charge in [0.15, 0.2) is 0 Å². The molecule has 0 bridgehead atoms. The molecule has 0 radical (unpaired) electrons. The van der Waals surface area contributed by atoms with Crippen LogP contribution in [0.3, 0.4) is 0 Å². The minimum absolute atomic E-state index is 0. The van der Waals surface area contributed by atoms with E-state index in [1.54, 1.807) is 5.57 Å². The third-order valence-electron chi connectivity index (χ3n) is 2.89. The fourth-order valence-electron chi connectivity index (χ4n) is 2.13. The molecule has 0 saturated carbocycles. The monoisotopic (exact) mass is 223 g/mol. The molecule has 2 rings (SSSR count). The molecule has 1 aromatic rings. The first-order chi connectivity index (χ1) is 6.77. The van der Waals surface area contributed by atoms with Crippen LogP contribution in [0.5, 0.6) is 0 Å². The first-order valence-corrected chi connectivity index (χ1v) is 5.20. The van der Waals surface area contributed by atoms with Crippen LogP contribution in [-0.4, -0.2) is 25.0 Å². The van der Waals surface area contributed by atoms with Crippen molar-refractivity contribution >= 4 is 18.0 Å². The van der Waals surface area contributed by atoms with Crippen LogP contribution in [0.1, 0.15) is 18.9 Å². The van der Waals surface area contributed by atoms with E-state index in [2.05, 4.69) is 49.2 Å². The van der Waals surface area contributed by atoms with Gasteiger partial charge in [0.05, 0.1) is 0 Å². The lowest BCUT2D eigenvalue weighted by atomic mass is 9.95. The van der Waals surface area contributed by atoms with Crippen molar-refractivity contribution in [3.63, 3.8) is 0 Å². The standard InChI is InChI=1S/C13H17N.ClH/c1-11-10-14(2)9-8-13(11)12-6-4-3-5-7-12;/h3-7H,8-10H2,1-2H3;1H. The zero-order valence-electron chi connectivity index (χ0n) is 9.36. The highest BCUT2D eigenvalue weighted by Crippen LogP contribution is 2.26. The van der Waals surface area contributed by atoms with Crippen LogP contribution in [0.15, 0.2) is 35.9 Å². The molecule has 1 heterocycles. The predicted octanol–water partition coefficient (Wildman–Crippen LogP) is 3.22. The van der Waals surface area contributed by atoms with E-state index in [0.717, 1.165) is 6.54 Å². The fraction of sp³-hybridized carbons (Fsp3) is 0.385. The molecule has 0 saturated heterocycles. The van der Waals surface area contributed by atoms with Crippen LogP contribution in [0.25, 0.3) is 5.57 Å². The molecule has 15 heavy (non-hydrogen) atoms. The number of likely N-dealkylation sites (N-methyl/N-ethyl adjacent to an activating group) is 1. The van der Waals surface area contributed by atoms with E-state index in [-0.39, 0.29) is 12.4 Å². The summed E-state index contributed by atoms with van der Waals surface area (Å²) < 4.78 is 0. The Kier molecular flexibility index (Phi) is 4.37. The zero-order chi connectivity index (χ0) is 9.97. The van der Waals surface area contributed by atoms with E-state index in [1.807, 2.05) is 0 Å². The van der Waals surface area contributed by atoms with Crippen molar-refractivity contribution in [2.45, 2.75) is 13.3 Å². The van der Waals surface area contributed by atoms with Gasteiger partial charge in [-0.1, -0.05) is 35.9 Å². The highest BCUT2D eigenvalue weighted by atomic mass is 35.5. The Balaban J connectivity index is 0.00000112. The lowest BCUT2D eigenvalue weighted by molar-refractivity contribution is 0.359. The molecule has 0 spiro atoms. The largest absolute Gasteiger partial charge is 0.302 e. The molecule has 0 atom stereocenters. The normalized spacial score (nSPS) is 17.5. The number of nitrogens with zero attached hydrogens (tertiary/aromatic N) is 1. The number of benzene rings is 1. The van der Waals surface area contributed by atoms with Crippen molar-refractivity contribution in [2.75, 3.05) is 20.1 Å². The van der Waals surface area contributed by atoms with Gasteiger partial charge in [-0.25, -0.2) is 0 Å². The average Bonchev–Trinajstić information content (AvgIpc) is 2.19. The maximum Gasteiger partial charge on any atom is 0.0193 e. The Bertz CT molecular complexity index is 343. The predicted molar refractivity (Wildman–Crippen MR) is 68.4 cm³/mol. The minimum Gasteiger partial charge on any atom is -0.302 e. The molecule has 0 unspecified atom stereocenters. The lowest BCUT2D eigenvalue weighted by Crippen LogP contribution is -2.26. The van der Waals surface area contributed by atoms with Gasteiger partial charge in [-0.05, 0) is 31.5 Å². The SMILES string of the molecule is CC1=C(c2ccccc2)CCN(C)C1.Cl. The van der Waals surface area contributed by atoms with Crippen LogP contribution in [0, 0.1) is 0 Å². The Morgan fingerprint density at radius 2 is 1.80 bits per heavy atom. The average molecular weight is 224 g/mol. The van der Waals surface area contributed by atoms with Crippen molar-refractivity contribution in [2.24, 2.45) is 0 Å². The summed E-state index contributed by atoms with van der Waals surface area (Å²) in [5.41, 5.74) is 4.46. The molecule has 1 aliphatic rings. The topological polar surface area (TPSA) is 3.24 Å². The summed E-state index contributed by atoms with van der Waals surface area (Å²) in [4.78, 5) is 2.38. The van der Waals surface area contributed by atoms with Gasteiger partial charge < -0.3 is 4.90 Å². The Morgan fingerprint density at radius 3 is 2.40 bits per heavy atom. The van der Waals surface area contributed by atoms with Crippen molar-refractivity contribution in [3.8, 4) is 0 Å². The smallest absolute Gasteiger partial charge is 0.0193 e. The van der Waals surface area contributed by atoms with Crippen molar-refractivity contribution in [1.29, 1.82) is 0 Å². The molecule has 1 aliphatic heterocycles. The molecular formula is C13H18ClN. The number of hydrogen-bond donors (Lipinski definition) is 0. The zero-order valence-corrected chi connectivity index (χ0v) is 10.2. The van der Waals surface area contributed by atoms with Gasteiger partial charge in [-0.3, -0.25) is 0 Å². The second-order valence-corrected chi connectivity index (χ2v) is 4.11. The van der Waals surface area contributed by atoms with Crippen LogP contribution < -0.4 is 0 Å². The van der Waals surface area contributed by atoms with Gasteiger partial charge in [0.2, 0.25) is 0 Å². The summed E-state index contributed by atoms with van der Waals surface area (Å²) in [7, 11) is 2.19. The fourth-order valence-corrected chi connectivity index (χ4v) is 2.13. The maximum atomic E-state index is 2.38. The number of halogens is 1. The van der Waals surface area contributed by atoms with Gasteiger partial charge in [0.1, 0.15) is 0 Å². The molecule has 0 amide bonds. The van der Waals surface area contributed by atoms with Crippen LogP contribution >= 0.6 is 12.4 Å². The first kappa shape index (κ1) is 12.3. The van der Waals surface area contributed by atoms with E-state index in [4.69, 9.17) is 0 Å². The van der Waals surface area contributed by atoms with E-state index in [0.29, 0.717) is 0 Å². The summed E-state index contributed by atoms with van der Waals surface area (Å²) in [5, 5.41) is 0. The summed E-state index contributed by atoms with van der Waals surface area (Å²) in [6, 6.07) is 10.7. The summed E-state index contributed by atoms with van der Waals surface area (Å²) in [6.07, 6.45) is 1.19. The van der Waals surface area contributed by atoms with Crippen LogP contribution in [-0.2, 0) is 0 Å². The Labute approximate surface area is 98.2 Å². The molecule has 0 fully saturated rings. The number of rotatable bonds is 1. The minimum atomic E-state index is 0. The maximum absolute atomic E-state index is 2.38. The van der Waals surface area contributed by atoms with Crippen molar-refractivity contribution in [3.05, 3.63) is 41.5 Å². The summed E-state index contributed by atoms with van der Waals surface area (Å²) >= 11 is 0. The molecule has 0 aliphatic carbocycles. The first-order valence-electron chi connectivity index (χ1n) is 5.20. The second kappa shape index (κ2) is 5.34. The third-order valence-corrected chi connectivity index (χ3v) is 2.89. The molecule has 0 N–H and O–H groups in total. The van der Waals surface area contributed by atoms with E-state index in [9.17, 15) is 0 Å². The van der Waals surface area contributed by atoms with Gasteiger partial charge >= 0.3 is 0 Å². The van der Waals surface area contributed by atoms with Crippen LogP contribution in [0.2, 0.25) is 0 Å². The molecule has 2 heteroatoms. The van der Waals surface area contributed by atoms with Crippen molar-refractivity contribution < 1.29 is 0 Å². The van der Waals surface area contributed by atoms with E-state index in [1.165, 1.54) is 24.1 Å². The van der Waals surface area contributed by atoms with Gasteiger partial charge in [0.25, 0.3) is 0 Å². The molecule has 0 aromatic heterocycles. The third kappa shape index (κ3) is 2.83. The Morgan fingerprint density at radius 1 is 1.13 bits per heavy atom. The van der Waals surface area contributed by atoms with E-state index >= 15 is 0 Å². The molecular weight excluding hydrogens is 206 g/mol. The highest BCUT2D eigenvalue weighted by molar-refractivity contribution is 5.85. The molecule has 1 aromatic carbocycles. The van der Waals surface area contributed by atoms with E-state index < -0.39 is 0 Å². The second-order valence-electron chi connectivity index (χ2n) is 4.11. The molecule has 1 nitrogen and oxygen atoms in total. The quantitative estimate of drug-likeness (QED) is 0.707. The van der Waals surface area contributed by atoms with Crippen molar-refractivity contribution in [1.82, 2.24) is 4.90 Å². The van der Waals surface area contributed by atoms with Gasteiger partial charge in [-0.2, -0.15) is 0 Å². The summed E-state index contributed by atoms with van der Waals surface area (Å²) in [6.45, 7) is 4.55. The van der Waals surface area contributed by atoms with Gasteiger partial charge in [-0.15, -0.1) is 12.4 Å². The lowest BCUT2D eigenvalue weighted by Gasteiger charge is -2.26. The molecule has 82 valence electrons. The summed E-state index contributed by atoms with van der Waals surface area (Å²) in [5.74, 6) is 0. The number of hydrogen-bond acceptors (Lipinski definition) is 1. The van der Waals surface area contributed by atoms with Gasteiger partial charge in [0, 0.05) is 13.1 Å². The highest BCUT2D eigenvalue weighted by Gasteiger charge is 2.13. The Hall–Kier alpha value is -0.790.